The molecule has 0 aromatic heterocycles. The van der Waals surface area contributed by atoms with Gasteiger partial charge in [0.05, 0.1) is 0 Å². The van der Waals surface area contributed by atoms with Crippen molar-refractivity contribution in [3.8, 4) is 0 Å². The van der Waals surface area contributed by atoms with E-state index in [0.29, 0.717) is 17.4 Å². The molecule has 1 aliphatic carbocycles. The Morgan fingerprint density at radius 2 is 2.00 bits per heavy atom. The molecule has 96 valence electrons. The van der Waals surface area contributed by atoms with Crippen LogP contribution in [-0.2, 0) is 0 Å². The van der Waals surface area contributed by atoms with Crippen molar-refractivity contribution in [1.82, 2.24) is 10.2 Å². The van der Waals surface area contributed by atoms with Crippen LogP contribution in [0.3, 0.4) is 0 Å². The molecule has 0 bridgehead atoms. The minimum absolute atomic E-state index is 0.339. The van der Waals surface area contributed by atoms with Crippen LogP contribution in [0.25, 0.3) is 0 Å². The van der Waals surface area contributed by atoms with Crippen molar-refractivity contribution in [1.29, 1.82) is 0 Å². The van der Waals surface area contributed by atoms with Crippen LogP contribution in [0.1, 0.15) is 33.1 Å². The first-order valence-electron chi connectivity index (χ1n) is 6.53. The van der Waals surface area contributed by atoms with Gasteiger partial charge in [0.15, 0.2) is 0 Å². The maximum absolute atomic E-state index is 5.80. The van der Waals surface area contributed by atoms with Crippen molar-refractivity contribution in [2.45, 2.75) is 39.2 Å². The van der Waals surface area contributed by atoms with E-state index in [9.17, 15) is 0 Å². The van der Waals surface area contributed by atoms with Gasteiger partial charge >= 0.3 is 0 Å². The number of hydrogen-bond donors (Lipinski definition) is 2. The largest absolute Gasteiger partial charge is 0.330 e. The number of nitrogens with zero attached hydrogens (tertiary/aromatic N) is 1. The van der Waals surface area contributed by atoms with E-state index in [1.807, 2.05) is 0 Å². The molecule has 0 spiro atoms. The van der Waals surface area contributed by atoms with Gasteiger partial charge < -0.3 is 16.0 Å². The Balaban J connectivity index is 2.32. The van der Waals surface area contributed by atoms with Gasteiger partial charge in [0.25, 0.3) is 0 Å². The summed E-state index contributed by atoms with van der Waals surface area (Å²) in [6, 6.07) is 0.659. The van der Waals surface area contributed by atoms with Crippen molar-refractivity contribution >= 4 is 0 Å². The summed E-state index contributed by atoms with van der Waals surface area (Å²) in [6.45, 7) is 7.71. The lowest BCUT2D eigenvalue weighted by molar-refractivity contribution is 0.219. The highest BCUT2D eigenvalue weighted by atomic mass is 15.1. The summed E-state index contributed by atoms with van der Waals surface area (Å²) in [5, 5.41) is 3.72. The fourth-order valence-electron chi connectivity index (χ4n) is 2.91. The van der Waals surface area contributed by atoms with Crippen LogP contribution in [-0.4, -0.2) is 44.7 Å². The van der Waals surface area contributed by atoms with Crippen LogP contribution < -0.4 is 11.1 Å². The molecule has 1 rings (SSSR count). The fourth-order valence-corrected chi connectivity index (χ4v) is 2.91. The van der Waals surface area contributed by atoms with Crippen LogP contribution in [0, 0.1) is 11.3 Å². The van der Waals surface area contributed by atoms with Gasteiger partial charge in [-0.25, -0.2) is 0 Å². The highest BCUT2D eigenvalue weighted by molar-refractivity contribution is 4.86. The summed E-state index contributed by atoms with van der Waals surface area (Å²) < 4.78 is 0. The van der Waals surface area contributed by atoms with Gasteiger partial charge in [-0.15, -0.1) is 0 Å². The topological polar surface area (TPSA) is 41.3 Å². The zero-order valence-corrected chi connectivity index (χ0v) is 11.4. The van der Waals surface area contributed by atoms with Crippen molar-refractivity contribution in [3.63, 3.8) is 0 Å². The lowest BCUT2D eigenvalue weighted by Crippen LogP contribution is -2.44. The van der Waals surface area contributed by atoms with Crippen LogP contribution in [0.2, 0.25) is 0 Å². The normalized spacial score (nSPS) is 26.6. The maximum atomic E-state index is 5.80. The van der Waals surface area contributed by atoms with Crippen molar-refractivity contribution in [2.75, 3.05) is 33.7 Å². The van der Waals surface area contributed by atoms with Crippen molar-refractivity contribution < 1.29 is 0 Å². The first-order valence-corrected chi connectivity index (χ1v) is 6.53. The molecule has 0 saturated heterocycles. The van der Waals surface area contributed by atoms with Gasteiger partial charge in [0.2, 0.25) is 0 Å². The SMILES string of the molecule is CN(C)CC(C)(C)CNC1CCCC1CN. The van der Waals surface area contributed by atoms with Crippen LogP contribution in [0.5, 0.6) is 0 Å². The van der Waals surface area contributed by atoms with Gasteiger partial charge in [-0.1, -0.05) is 20.3 Å². The number of nitrogens with two attached hydrogens (primary N) is 1. The van der Waals surface area contributed by atoms with E-state index in [-0.39, 0.29) is 0 Å². The predicted molar refractivity (Wildman–Crippen MR) is 70.5 cm³/mol. The summed E-state index contributed by atoms with van der Waals surface area (Å²) in [5.74, 6) is 0.704. The molecule has 0 amide bonds. The monoisotopic (exact) mass is 227 g/mol. The molecule has 0 aromatic rings. The summed E-state index contributed by atoms with van der Waals surface area (Å²) in [5.41, 5.74) is 6.13. The Morgan fingerprint density at radius 1 is 1.31 bits per heavy atom. The number of rotatable bonds is 6. The first-order chi connectivity index (χ1) is 7.44. The standard InChI is InChI=1S/C13H29N3/c1-13(2,10-16(3)4)9-15-12-7-5-6-11(12)8-14/h11-12,15H,5-10,14H2,1-4H3. The van der Waals surface area contributed by atoms with Gasteiger partial charge in [-0.05, 0) is 44.8 Å². The zero-order valence-electron chi connectivity index (χ0n) is 11.4. The van der Waals surface area contributed by atoms with E-state index in [4.69, 9.17) is 5.73 Å². The molecule has 3 heteroatoms. The van der Waals surface area contributed by atoms with Crippen LogP contribution >= 0.6 is 0 Å². The minimum atomic E-state index is 0.339. The molecule has 1 aliphatic rings. The quantitative estimate of drug-likeness (QED) is 0.718. The Labute approximate surface area is 101 Å². The first kappa shape index (κ1) is 13.9. The third-order valence-electron chi connectivity index (χ3n) is 3.55. The van der Waals surface area contributed by atoms with E-state index < -0.39 is 0 Å². The van der Waals surface area contributed by atoms with E-state index in [1.54, 1.807) is 0 Å². The molecule has 0 aromatic carbocycles. The summed E-state index contributed by atoms with van der Waals surface area (Å²) in [4.78, 5) is 2.26. The molecule has 1 saturated carbocycles. The smallest absolute Gasteiger partial charge is 0.0108 e. The molecule has 3 N–H and O–H groups in total. The van der Waals surface area contributed by atoms with Gasteiger partial charge in [-0.3, -0.25) is 0 Å². The van der Waals surface area contributed by atoms with E-state index in [2.05, 4.69) is 38.2 Å². The van der Waals surface area contributed by atoms with Gasteiger partial charge in [-0.2, -0.15) is 0 Å². The molecule has 0 radical (unpaired) electrons. The van der Waals surface area contributed by atoms with Gasteiger partial charge in [0.1, 0.15) is 0 Å². The third-order valence-corrected chi connectivity index (χ3v) is 3.55. The molecule has 0 aliphatic heterocycles. The summed E-state index contributed by atoms with van der Waals surface area (Å²) >= 11 is 0. The lowest BCUT2D eigenvalue weighted by Gasteiger charge is -2.31. The zero-order chi connectivity index (χ0) is 12.2. The second-order valence-corrected chi connectivity index (χ2v) is 6.32. The molecule has 2 unspecified atom stereocenters. The molecule has 2 atom stereocenters. The Kier molecular flexibility index (Phi) is 5.22. The summed E-state index contributed by atoms with van der Waals surface area (Å²) in [7, 11) is 4.28. The second-order valence-electron chi connectivity index (χ2n) is 6.32. The van der Waals surface area contributed by atoms with Crippen LogP contribution in [0.4, 0.5) is 0 Å². The predicted octanol–water partition coefficient (Wildman–Crippen LogP) is 1.29. The average molecular weight is 227 g/mol. The second kappa shape index (κ2) is 5.99. The Bertz CT molecular complexity index is 201. The number of nitrogens with one attached hydrogen (secondary N) is 1. The molecule has 0 heterocycles. The lowest BCUT2D eigenvalue weighted by atomic mass is 9.92. The third kappa shape index (κ3) is 4.40. The number of hydrogen-bond acceptors (Lipinski definition) is 3. The summed E-state index contributed by atoms with van der Waals surface area (Å²) in [6.07, 6.45) is 3.95. The van der Waals surface area contributed by atoms with Gasteiger partial charge in [0, 0.05) is 19.1 Å². The molecule has 3 nitrogen and oxygen atoms in total. The Hall–Kier alpha value is -0.120. The van der Waals surface area contributed by atoms with E-state index >= 15 is 0 Å². The van der Waals surface area contributed by atoms with Crippen molar-refractivity contribution in [2.24, 2.45) is 17.1 Å². The maximum Gasteiger partial charge on any atom is 0.0108 e. The van der Waals surface area contributed by atoms with E-state index in [1.165, 1.54) is 19.3 Å². The Morgan fingerprint density at radius 3 is 2.56 bits per heavy atom. The minimum Gasteiger partial charge on any atom is -0.330 e. The van der Waals surface area contributed by atoms with Crippen molar-refractivity contribution in [3.05, 3.63) is 0 Å². The highest BCUT2D eigenvalue weighted by Gasteiger charge is 2.28. The average Bonchev–Trinajstić information content (AvgIpc) is 2.59. The van der Waals surface area contributed by atoms with E-state index in [0.717, 1.165) is 19.6 Å². The molecular formula is C13H29N3. The van der Waals surface area contributed by atoms with Crippen LogP contribution in [0.15, 0.2) is 0 Å². The fraction of sp³-hybridized carbons (Fsp3) is 1.00. The molecular weight excluding hydrogens is 198 g/mol. The molecule has 16 heavy (non-hydrogen) atoms. The highest BCUT2D eigenvalue weighted by Crippen LogP contribution is 2.25. The molecule has 1 fully saturated rings.